The molecule has 19 heavy (non-hydrogen) atoms. The van der Waals surface area contributed by atoms with Crippen molar-refractivity contribution in [3.63, 3.8) is 0 Å². The van der Waals surface area contributed by atoms with Crippen LogP contribution in [0, 0.1) is 11.8 Å². The molecule has 0 spiro atoms. The van der Waals surface area contributed by atoms with Gasteiger partial charge < -0.3 is 5.32 Å². The van der Waals surface area contributed by atoms with Gasteiger partial charge in [0.05, 0.1) is 11.5 Å². The summed E-state index contributed by atoms with van der Waals surface area (Å²) in [7, 11) is -0.952. The number of sulfone groups is 1. The summed E-state index contributed by atoms with van der Waals surface area (Å²) in [6.45, 7) is 3.79. The molecule has 1 aromatic rings. The molecule has 1 saturated heterocycles. The quantitative estimate of drug-likeness (QED) is 0.797. The zero-order valence-electron chi connectivity index (χ0n) is 11.5. The molecule has 0 aromatic carbocycles. The Morgan fingerprint density at radius 1 is 1.58 bits per heavy atom. The zero-order valence-corrected chi connectivity index (χ0v) is 12.4. The Bertz CT molecular complexity index is 512. The fourth-order valence-electron chi connectivity index (χ4n) is 2.67. The topological polar surface area (TPSA) is 76.9 Å². The van der Waals surface area contributed by atoms with Crippen LogP contribution in [0.3, 0.4) is 0 Å². The van der Waals surface area contributed by atoms with Crippen LogP contribution in [0.25, 0.3) is 0 Å². The number of hydrogen-bond donors (Lipinski definition) is 1. The Kier molecular flexibility index (Phi) is 4.57. The first kappa shape index (κ1) is 14.5. The molecular weight excluding hydrogens is 264 g/mol. The highest BCUT2D eigenvalue weighted by Crippen LogP contribution is 2.27. The van der Waals surface area contributed by atoms with Crippen LogP contribution in [0.4, 0.5) is 0 Å². The summed E-state index contributed by atoms with van der Waals surface area (Å²) in [6.07, 6.45) is 3.10. The molecule has 0 saturated carbocycles. The van der Waals surface area contributed by atoms with Crippen molar-refractivity contribution in [1.29, 1.82) is 0 Å². The maximum absolute atomic E-state index is 11.6. The van der Waals surface area contributed by atoms with E-state index in [1.54, 1.807) is 11.0 Å². The van der Waals surface area contributed by atoms with Gasteiger partial charge in [-0.25, -0.2) is 13.4 Å². The Labute approximate surface area is 114 Å². The molecule has 2 heterocycles. The summed E-state index contributed by atoms with van der Waals surface area (Å²) in [5.41, 5.74) is 0. The minimum Gasteiger partial charge on any atom is -0.317 e. The van der Waals surface area contributed by atoms with Gasteiger partial charge in [-0.05, 0) is 31.3 Å². The molecule has 0 amide bonds. The maximum atomic E-state index is 11.6. The van der Waals surface area contributed by atoms with E-state index in [1.807, 2.05) is 7.05 Å². The molecule has 108 valence electrons. The van der Waals surface area contributed by atoms with Crippen molar-refractivity contribution in [3.8, 4) is 0 Å². The molecule has 2 unspecified atom stereocenters. The molecule has 1 fully saturated rings. The van der Waals surface area contributed by atoms with Gasteiger partial charge in [0.1, 0.15) is 12.2 Å². The molecule has 0 bridgehead atoms. The predicted octanol–water partition coefficient (Wildman–Crippen LogP) is 0.0180. The van der Waals surface area contributed by atoms with E-state index < -0.39 is 9.84 Å². The van der Waals surface area contributed by atoms with E-state index in [-0.39, 0.29) is 5.92 Å². The van der Waals surface area contributed by atoms with Crippen molar-refractivity contribution in [1.82, 2.24) is 20.1 Å². The molecule has 6 nitrogen and oxygen atoms in total. The molecule has 2 rings (SSSR count). The highest BCUT2D eigenvalue weighted by atomic mass is 32.2. The van der Waals surface area contributed by atoms with Crippen molar-refractivity contribution in [2.24, 2.45) is 18.9 Å². The van der Waals surface area contributed by atoms with E-state index in [4.69, 9.17) is 0 Å². The molecule has 2 atom stereocenters. The molecular formula is C12H22N4O2S. The second-order valence-electron chi connectivity index (χ2n) is 5.23. The van der Waals surface area contributed by atoms with Gasteiger partial charge in [0.2, 0.25) is 0 Å². The largest absolute Gasteiger partial charge is 0.317 e. The van der Waals surface area contributed by atoms with Crippen molar-refractivity contribution in [2.75, 3.05) is 24.6 Å². The summed E-state index contributed by atoms with van der Waals surface area (Å²) in [6, 6.07) is 0. The second kappa shape index (κ2) is 6.00. The molecule has 0 aliphatic carbocycles. The van der Waals surface area contributed by atoms with Gasteiger partial charge in [0.15, 0.2) is 9.84 Å². The lowest BCUT2D eigenvalue weighted by Crippen LogP contribution is -2.31. The number of hydrogen-bond acceptors (Lipinski definition) is 5. The lowest BCUT2D eigenvalue weighted by atomic mass is 9.88. The SMILES string of the molecule is CCNCC(Cc1ncnn1C)C1CCS(=O)(=O)C1. The van der Waals surface area contributed by atoms with Gasteiger partial charge >= 0.3 is 0 Å². The van der Waals surface area contributed by atoms with Gasteiger partial charge in [-0.3, -0.25) is 4.68 Å². The molecule has 1 aliphatic heterocycles. The molecule has 1 aliphatic rings. The average molecular weight is 286 g/mol. The summed E-state index contributed by atoms with van der Waals surface area (Å²) in [5, 5.41) is 7.40. The second-order valence-corrected chi connectivity index (χ2v) is 7.46. The van der Waals surface area contributed by atoms with Crippen LogP contribution in [0.2, 0.25) is 0 Å². The Morgan fingerprint density at radius 2 is 2.37 bits per heavy atom. The minimum atomic E-state index is -2.83. The Morgan fingerprint density at radius 3 is 2.89 bits per heavy atom. The van der Waals surface area contributed by atoms with Crippen LogP contribution in [-0.2, 0) is 23.3 Å². The van der Waals surface area contributed by atoms with Crippen LogP contribution in [-0.4, -0.2) is 47.8 Å². The van der Waals surface area contributed by atoms with Crippen LogP contribution < -0.4 is 5.32 Å². The van der Waals surface area contributed by atoms with Gasteiger partial charge in [-0.1, -0.05) is 6.92 Å². The highest BCUT2D eigenvalue weighted by molar-refractivity contribution is 7.91. The van der Waals surface area contributed by atoms with E-state index in [9.17, 15) is 8.42 Å². The van der Waals surface area contributed by atoms with E-state index in [0.29, 0.717) is 17.4 Å². The first-order valence-electron chi connectivity index (χ1n) is 6.76. The number of aryl methyl sites for hydroxylation is 1. The van der Waals surface area contributed by atoms with Crippen LogP contribution in [0.15, 0.2) is 6.33 Å². The predicted molar refractivity (Wildman–Crippen MR) is 73.5 cm³/mol. The van der Waals surface area contributed by atoms with Gasteiger partial charge in [0, 0.05) is 13.5 Å². The maximum Gasteiger partial charge on any atom is 0.150 e. The monoisotopic (exact) mass is 286 g/mol. The van der Waals surface area contributed by atoms with Crippen LogP contribution in [0.5, 0.6) is 0 Å². The third-order valence-electron chi connectivity index (χ3n) is 3.84. The lowest BCUT2D eigenvalue weighted by Gasteiger charge is -2.22. The van der Waals surface area contributed by atoms with Gasteiger partial charge in [-0.2, -0.15) is 5.10 Å². The van der Waals surface area contributed by atoms with E-state index in [1.165, 1.54) is 0 Å². The third-order valence-corrected chi connectivity index (χ3v) is 5.63. The molecule has 1 aromatic heterocycles. The van der Waals surface area contributed by atoms with Crippen molar-refractivity contribution in [3.05, 3.63) is 12.2 Å². The number of rotatable bonds is 6. The van der Waals surface area contributed by atoms with Gasteiger partial charge in [-0.15, -0.1) is 0 Å². The first-order valence-corrected chi connectivity index (χ1v) is 8.58. The van der Waals surface area contributed by atoms with Crippen LogP contribution in [0.1, 0.15) is 19.2 Å². The fourth-order valence-corrected chi connectivity index (χ4v) is 4.59. The number of nitrogens with one attached hydrogen (secondary N) is 1. The fraction of sp³-hybridized carbons (Fsp3) is 0.833. The highest BCUT2D eigenvalue weighted by Gasteiger charge is 2.34. The smallest absolute Gasteiger partial charge is 0.150 e. The normalized spacial score (nSPS) is 23.6. The van der Waals surface area contributed by atoms with E-state index in [2.05, 4.69) is 22.3 Å². The van der Waals surface area contributed by atoms with Gasteiger partial charge in [0.25, 0.3) is 0 Å². The summed E-state index contributed by atoms with van der Waals surface area (Å²) in [5.74, 6) is 2.12. The molecule has 1 N–H and O–H groups in total. The van der Waals surface area contributed by atoms with Crippen molar-refractivity contribution < 1.29 is 8.42 Å². The lowest BCUT2D eigenvalue weighted by molar-refractivity contribution is 0.337. The average Bonchev–Trinajstić information content (AvgIpc) is 2.91. The molecule has 7 heteroatoms. The van der Waals surface area contributed by atoms with Crippen LogP contribution >= 0.6 is 0 Å². The number of nitrogens with zero attached hydrogens (tertiary/aromatic N) is 3. The molecule has 0 radical (unpaired) electrons. The summed E-state index contributed by atoms with van der Waals surface area (Å²) >= 11 is 0. The van der Waals surface area contributed by atoms with E-state index in [0.717, 1.165) is 31.8 Å². The standard InChI is InChI=1S/C12H22N4O2S/c1-3-13-7-11(6-12-14-9-15-16(12)2)10-4-5-19(17,18)8-10/h9-11,13H,3-8H2,1-2H3. The first-order chi connectivity index (χ1) is 9.02. The van der Waals surface area contributed by atoms with Crippen molar-refractivity contribution >= 4 is 9.84 Å². The Hall–Kier alpha value is -0.950. The minimum absolute atomic E-state index is 0.237. The summed E-state index contributed by atoms with van der Waals surface area (Å²) in [4.78, 5) is 4.25. The summed E-state index contributed by atoms with van der Waals surface area (Å²) < 4.78 is 25.0. The third kappa shape index (κ3) is 3.76. The number of aromatic nitrogens is 3. The zero-order chi connectivity index (χ0) is 13.9. The van der Waals surface area contributed by atoms with E-state index >= 15 is 0 Å². The van der Waals surface area contributed by atoms with Crippen molar-refractivity contribution in [2.45, 2.75) is 19.8 Å². The Balaban J connectivity index is 2.06.